The molecule has 68 valence electrons. The fraction of sp³-hybridized carbons (Fsp3) is 0.200. The summed E-state index contributed by atoms with van der Waals surface area (Å²) in [6.45, 7) is 1.85. The monoisotopic (exact) mass is 177 g/mol. The molecule has 1 aliphatic rings. The standard InChI is InChI=1S/C10H11NO2/c1-10(12-5-6-13-10)8-3-2-4-9(11)7-8/h2-7H,11H2,1H3. The van der Waals surface area contributed by atoms with Crippen molar-refractivity contribution < 1.29 is 9.47 Å². The van der Waals surface area contributed by atoms with Crippen LogP contribution in [-0.2, 0) is 15.3 Å². The lowest BCUT2D eigenvalue weighted by molar-refractivity contribution is -0.133. The van der Waals surface area contributed by atoms with Crippen LogP contribution in [0.1, 0.15) is 12.5 Å². The summed E-state index contributed by atoms with van der Waals surface area (Å²) in [5.41, 5.74) is 7.27. The van der Waals surface area contributed by atoms with Crippen LogP contribution in [-0.4, -0.2) is 0 Å². The van der Waals surface area contributed by atoms with Gasteiger partial charge in [-0.15, -0.1) is 0 Å². The Morgan fingerprint density at radius 1 is 1.23 bits per heavy atom. The Kier molecular flexibility index (Phi) is 1.65. The molecule has 13 heavy (non-hydrogen) atoms. The van der Waals surface area contributed by atoms with E-state index >= 15 is 0 Å². The summed E-state index contributed by atoms with van der Waals surface area (Å²) in [5.74, 6) is -0.713. The Balaban J connectivity index is 2.35. The highest BCUT2D eigenvalue weighted by atomic mass is 16.7. The molecule has 0 amide bonds. The lowest BCUT2D eigenvalue weighted by atomic mass is 10.1. The van der Waals surface area contributed by atoms with Crippen LogP contribution in [0.15, 0.2) is 36.8 Å². The maximum absolute atomic E-state index is 5.65. The van der Waals surface area contributed by atoms with Crippen molar-refractivity contribution in [3.8, 4) is 0 Å². The molecule has 0 saturated heterocycles. The Labute approximate surface area is 76.8 Å². The normalized spacial score (nSPS) is 17.9. The van der Waals surface area contributed by atoms with Crippen molar-refractivity contribution in [2.45, 2.75) is 12.7 Å². The summed E-state index contributed by atoms with van der Waals surface area (Å²) in [5, 5.41) is 0. The zero-order valence-electron chi connectivity index (χ0n) is 7.36. The molecule has 0 spiro atoms. The number of rotatable bonds is 1. The third-order valence-corrected chi connectivity index (χ3v) is 2.05. The van der Waals surface area contributed by atoms with Crippen LogP contribution in [0.5, 0.6) is 0 Å². The minimum atomic E-state index is -0.713. The van der Waals surface area contributed by atoms with Gasteiger partial charge >= 0.3 is 0 Å². The second kappa shape index (κ2) is 2.69. The van der Waals surface area contributed by atoms with Crippen LogP contribution < -0.4 is 5.73 Å². The minimum absolute atomic E-state index is 0.706. The van der Waals surface area contributed by atoms with Gasteiger partial charge in [-0.3, -0.25) is 0 Å². The first-order valence-electron chi connectivity index (χ1n) is 4.07. The van der Waals surface area contributed by atoms with Gasteiger partial charge in [0.25, 0.3) is 5.79 Å². The third kappa shape index (κ3) is 1.33. The predicted molar refractivity (Wildman–Crippen MR) is 49.5 cm³/mol. The number of hydrogen-bond acceptors (Lipinski definition) is 3. The molecule has 0 atom stereocenters. The fourth-order valence-electron chi connectivity index (χ4n) is 1.30. The number of ether oxygens (including phenoxy) is 2. The summed E-state index contributed by atoms with van der Waals surface area (Å²) in [6.07, 6.45) is 3.06. The second-order valence-corrected chi connectivity index (χ2v) is 3.08. The van der Waals surface area contributed by atoms with Gasteiger partial charge in [0.2, 0.25) is 0 Å². The highest BCUT2D eigenvalue weighted by Gasteiger charge is 2.31. The van der Waals surface area contributed by atoms with Gasteiger partial charge in [-0.25, -0.2) is 0 Å². The highest BCUT2D eigenvalue weighted by Crippen LogP contribution is 2.31. The first-order chi connectivity index (χ1) is 6.21. The molecule has 1 aliphatic heterocycles. The van der Waals surface area contributed by atoms with E-state index in [0.717, 1.165) is 5.56 Å². The molecule has 0 fully saturated rings. The Hall–Kier alpha value is -1.64. The first-order valence-corrected chi connectivity index (χ1v) is 4.07. The molecule has 0 aliphatic carbocycles. The Morgan fingerprint density at radius 3 is 2.54 bits per heavy atom. The van der Waals surface area contributed by atoms with Gasteiger partial charge in [-0.1, -0.05) is 12.1 Å². The van der Waals surface area contributed by atoms with Crippen LogP contribution in [0.3, 0.4) is 0 Å². The van der Waals surface area contributed by atoms with Gasteiger partial charge in [0.1, 0.15) is 12.5 Å². The van der Waals surface area contributed by atoms with E-state index in [0.29, 0.717) is 5.69 Å². The van der Waals surface area contributed by atoms with Crippen LogP contribution in [0.4, 0.5) is 5.69 Å². The van der Waals surface area contributed by atoms with Crippen molar-refractivity contribution in [1.82, 2.24) is 0 Å². The lowest BCUT2D eigenvalue weighted by Gasteiger charge is -2.23. The first kappa shape index (κ1) is 7.98. The topological polar surface area (TPSA) is 44.5 Å². The minimum Gasteiger partial charge on any atom is -0.453 e. The van der Waals surface area contributed by atoms with Crippen LogP contribution in [0.2, 0.25) is 0 Å². The zero-order valence-corrected chi connectivity index (χ0v) is 7.36. The molecule has 0 aromatic heterocycles. The molecule has 2 N–H and O–H groups in total. The van der Waals surface area contributed by atoms with Gasteiger partial charge < -0.3 is 15.2 Å². The number of benzene rings is 1. The third-order valence-electron chi connectivity index (χ3n) is 2.05. The maximum Gasteiger partial charge on any atom is 0.273 e. The van der Waals surface area contributed by atoms with E-state index in [1.807, 2.05) is 31.2 Å². The average Bonchev–Trinajstić information content (AvgIpc) is 2.54. The molecule has 1 heterocycles. The fourth-order valence-corrected chi connectivity index (χ4v) is 1.30. The highest BCUT2D eigenvalue weighted by molar-refractivity contribution is 5.42. The van der Waals surface area contributed by atoms with E-state index in [1.165, 1.54) is 12.5 Å². The van der Waals surface area contributed by atoms with E-state index in [9.17, 15) is 0 Å². The molecular weight excluding hydrogens is 166 g/mol. The molecule has 0 radical (unpaired) electrons. The largest absolute Gasteiger partial charge is 0.453 e. The summed E-state index contributed by atoms with van der Waals surface area (Å²) < 4.78 is 10.6. The van der Waals surface area contributed by atoms with E-state index in [2.05, 4.69) is 0 Å². The van der Waals surface area contributed by atoms with Crippen LogP contribution in [0.25, 0.3) is 0 Å². The number of anilines is 1. The van der Waals surface area contributed by atoms with Crippen LogP contribution in [0, 0.1) is 0 Å². The SMILES string of the molecule is CC1(c2cccc(N)c2)OC=CO1. The smallest absolute Gasteiger partial charge is 0.273 e. The molecule has 1 aromatic carbocycles. The van der Waals surface area contributed by atoms with Crippen molar-refractivity contribution >= 4 is 5.69 Å². The number of nitrogens with two attached hydrogens (primary N) is 1. The van der Waals surface area contributed by atoms with Gasteiger partial charge in [0, 0.05) is 18.2 Å². The number of nitrogen functional groups attached to an aromatic ring is 1. The number of hydrogen-bond donors (Lipinski definition) is 1. The summed E-state index contributed by atoms with van der Waals surface area (Å²) in [7, 11) is 0. The molecule has 0 bridgehead atoms. The van der Waals surface area contributed by atoms with E-state index in [1.54, 1.807) is 0 Å². The van der Waals surface area contributed by atoms with Crippen molar-refractivity contribution in [2.24, 2.45) is 0 Å². The molecule has 3 heteroatoms. The van der Waals surface area contributed by atoms with Gasteiger partial charge in [0.15, 0.2) is 0 Å². The van der Waals surface area contributed by atoms with Crippen molar-refractivity contribution in [3.63, 3.8) is 0 Å². The Bertz CT molecular complexity index is 339. The molecule has 3 nitrogen and oxygen atoms in total. The van der Waals surface area contributed by atoms with Crippen molar-refractivity contribution in [2.75, 3.05) is 5.73 Å². The average molecular weight is 177 g/mol. The molecule has 2 rings (SSSR count). The summed E-state index contributed by atoms with van der Waals surface area (Å²) in [6, 6.07) is 7.46. The van der Waals surface area contributed by atoms with Crippen molar-refractivity contribution in [1.29, 1.82) is 0 Å². The molecule has 1 aromatic rings. The van der Waals surface area contributed by atoms with E-state index in [4.69, 9.17) is 15.2 Å². The van der Waals surface area contributed by atoms with Crippen molar-refractivity contribution in [3.05, 3.63) is 42.4 Å². The van der Waals surface area contributed by atoms with Gasteiger partial charge in [-0.2, -0.15) is 0 Å². The molecular formula is C10H11NO2. The lowest BCUT2D eigenvalue weighted by Crippen LogP contribution is -2.22. The molecule has 0 saturated carbocycles. The molecule has 0 unspecified atom stereocenters. The quantitative estimate of drug-likeness (QED) is 0.667. The van der Waals surface area contributed by atoms with E-state index < -0.39 is 5.79 Å². The zero-order chi connectivity index (χ0) is 9.31. The Morgan fingerprint density at radius 2 is 1.92 bits per heavy atom. The van der Waals surface area contributed by atoms with Crippen LogP contribution >= 0.6 is 0 Å². The summed E-state index contributed by atoms with van der Waals surface area (Å²) in [4.78, 5) is 0. The second-order valence-electron chi connectivity index (χ2n) is 3.08. The van der Waals surface area contributed by atoms with Gasteiger partial charge in [-0.05, 0) is 12.1 Å². The van der Waals surface area contributed by atoms with E-state index in [-0.39, 0.29) is 0 Å². The maximum atomic E-state index is 5.65. The summed E-state index contributed by atoms with van der Waals surface area (Å²) >= 11 is 0. The van der Waals surface area contributed by atoms with Gasteiger partial charge in [0.05, 0.1) is 0 Å². The predicted octanol–water partition coefficient (Wildman–Crippen LogP) is 1.96.